The average molecular weight is 345 g/mol. The normalized spacial score (nSPS) is 16.7. The Hall–Kier alpha value is -2.27. The van der Waals surface area contributed by atoms with Crippen molar-refractivity contribution in [3.63, 3.8) is 0 Å². The number of likely N-dealkylation sites (tertiary alicyclic amines) is 1. The fraction of sp³-hybridized carbons (Fsp3) is 0.350. The minimum Gasteiger partial charge on any atom is -0.337 e. The molecule has 0 aliphatic carbocycles. The molecule has 132 valence electrons. The Balaban J connectivity index is 1.83. The van der Waals surface area contributed by atoms with Crippen LogP contribution in [0.3, 0.4) is 0 Å². The zero-order valence-electron chi connectivity index (χ0n) is 14.3. The first-order chi connectivity index (χ1) is 12.1. The minimum absolute atomic E-state index is 0.0816. The van der Waals surface area contributed by atoms with Crippen LogP contribution >= 0.6 is 0 Å². The van der Waals surface area contributed by atoms with Crippen LogP contribution in [0.1, 0.15) is 43.0 Å². The first kappa shape index (κ1) is 17.5. The lowest BCUT2D eigenvalue weighted by atomic mass is 10.0. The second-order valence-electron chi connectivity index (χ2n) is 6.58. The highest BCUT2D eigenvalue weighted by Gasteiger charge is 2.32. The van der Waals surface area contributed by atoms with E-state index in [2.05, 4.69) is 0 Å². The summed E-state index contributed by atoms with van der Waals surface area (Å²) >= 11 is 0. The zero-order valence-corrected chi connectivity index (χ0v) is 14.3. The summed E-state index contributed by atoms with van der Waals surface area (Å²) in [5.41, 5.74) is 1.59. The van der Waals surface area contributed by atoms with E-state index in [0.29, 0.717) is 5.56 Å². The highest BCUT2D eigenvalue weighted by molar-refractivity contribution is 5.82. The third-order valence-corrected chi connectivity index (χ3v) is 4.79. The Kier molecular flexibility index (Phi) is 5.43. The molecule has 2 aromatic rings. The smallest absolute Gasteiger partial charge is 0.285 e. The molecule has 1 aliphatic heterocycles. The standard InChI is InChI=1S/C20H22F2N2O/c1-14(16-9-10-17(21)18(22)13-16)23-19(15-7-3-2-4-8-15)20(25)24-11-5-6-12-24/h2-4,7-10,13-14,19,23H,5-6,11-12H2,1H3/p+1/t14-,19-/m1/s1. The van der Waals surface area contributed by atoms with Crippen molar-refractivity contribution in [3.05, 3.63) is 71.3 Å². The van der Waals surface area contributed by atoms with Gasteiger partial charge in [0.15, 0.2) is 17.7 Å². The van der Waals surface area contributed by atoms with Crippen molar-refractivity contribution in [3.8, 4) is 0 Å². The molecule has 3 nitrogen and oxygen atoms in total. The summed E-state index contributed by atoms with van der Waals surface area (Å²) in [6, 6.07) is 13.0. The van der Waals surface area contributed by atoms with Crippen LogP contribution in [0, 0.1) is 11.6 Å². The van der Waals surface area contributed by atoms with Crippen molar-refractivity contribution >= 4 is 5.91 Å². The summed E-state index contributed by atoms with van der Waals surface area (Å²) in [5.74, 6) is -1.64. The summed E-state index contributed by atoms with van der Waals surface area (Å²) in [5, 5.41) is 1.93. The van der Waals surface area contributed by atoms with Crippen LogP contribution in [-0.4, -0.2) is 23.9 Å². The molecule has 2 aromatic carbocycles. The molecule has 5 heteroatoms. The third kappa shape index (κ3) is 4.04. The summed E-state index contributed by atoms with van der Waals surface area (Å²) in [6.07, 6.45) is 2.07. The topological polar surface area (TPSA) is 36.9 Å². The van der Waals surface area contributed by atoms with Crippen molar-refractivity contribution < 1.29 is 18.9 Å². The van der Waals surface area contributed by atoms with Crippen molar-refractivity contribution in [2.24, 2.45) is 0 Å². The van der Waals surface area contributed by atoms with E-state index >= 15 is 0 Å². The van der Waals surface area contributed by atoms with E-state index in [9.17, 15) is 13.6 Å². The van der Waals surface area contributed by atoms with Crippen molar-refractivity contribution in [2.75, 3.05) is 13.1 Å². The van der Waals surface area contributed by atoms with Gasteiger partial charge in [-0.2, -0.15) is 0 Å². The number of halogens is 2. The maximum atomic E-state index is 13.5. The lowest BCUT2D eigenvalue weighted by molar-refractivity contribution is -0.719. The van der Waals surface area contributed by atoms with E-state index in [0.717, 1.165) is 37.6 Å². The molecule has 1 aliphatic rings. The zero-order chi connectivity index (χ0) is 17.8. The Morgan fingerprint density at radius 2 is 1.68 bits per heavy atom. The van der Waals surface area contributed by atoms with Gasteiger partial charge in [-0.25, -0.2) is 8.78 Å². The first-order valence-electron chi connectivity index (χ1n) is 8.70. The first-order valence-corrected chi connectivity index (χ1v) is 8.70. The Labute approximate surface area is 146 Å². The van der Waals surface area contributed by atoms with Crippen molar-refractivity contribution in [2.45, 2.75) is 31.8 Å². The molecule has 0 unspecified atom stereocenters. The lowest BCUT2D eigenvalue weighted by Crippen LogP contribution is -2.88. The van der Waals surface area contributed by atoms with Gasteiger partial charge in [-0.1, -0.05) is 30.3 Å². The maximum Gasteiger partial charge on any atom is 0.285 e. The number of nitrogens with zero attached hydrogens (tertiary/aromatic N) is 1. The van der Waals surface area contributed by atoms with Gasteiger partial charge in [0.05, 0.1) is 0 Å². The van der Waals surface area contributed by atoms with E-state index in [1.807, 2.05) is 47.5 Å². The van der Waals surface area contributed by atoms with E-state index in [-0.39, 0.29) is 18.0 Å². The van der Waals surface area contributed by atoms with Crippen LogP contribution in [-0.2, 0) is 4.79 Å². The van der Waals surface area contributed by atoms with E-state index in [1.165, 1.54) is 6.07 Å². The largest absolute Gasteiger partial charge is 0.337 e. The number of benzene rings is 2. The average Bonchev–Trinajstić information content (AvgIpc) is 3.16. The summed E-state index contributed by atoms with van der Waals surface area (Å²) in [6.45, 7) is 3.48. The molecule has 0 bridgehead atoms. The molecule has 1 fully saturated rings. The predicted octanol–water partition coefficient (Wildman–Crippen LogP) is 2.95. The van der Waals surface area contributed by atoms with Gasteiger partial charge in [-0.3, -0.25) is 4.79 Å². The second kappa shape index (κ2) is 7.74. The van der Waals surface area contributed by atoms with Gasteiger partial charge in [-0.15, -0.1) is 0 Å². The predicted molar refractivity (Wildman–Crippen MR) is 91.7 cm³/mol. The number of amides is 1. The van der Waals surface area contributed by atoms with Gasteiger partial charge in [0, 0.05) is 24.2 Å². The molecule has 3 rings (SSSR count). The van der Waals surface area contributed by atoms with Crippen LogP contribution in [0.25, 0.3) is 0 Å². The van der Waals surface area contributed by atoms with Crippen LogP contribution in [0.15, 0.2) is 48.5 Å². The molecular formula is C20H23F2N2O+. The number of nitrogens with two attached hydrogens (primary N) is 1. The fourth-order valence-corrected chi connectivity index (χ4v) is 3.33. The van der Waals surface area contributed by atoms with Gasteiger partial charge in [-0.05, 0) is 38.0 Å². The highest BCUT2D eigenvalue weighted by atomic mass is 19.2. The molecule has 1 amide bonds. The Morgan fingerprint density at radius 3 is 2.32 bits per heavy atom. The van der Waals surface area contributed by atoms with Gasteiger partial charge >= 0.3 is 0 Å². The van der Waals surface area contributed by atoms with Crippen LogP contribution < -0.4 is 5.32 Å². The van der Waals surface area contributed by atoms with Gasteiger partial charge in [0.1, 0.15) is 6.04 Å². The molecule has 0 aromatic heterocycles. The number of hydrogen-bond donors (Lipinski definition) is 1. The number of hydrogen-bond acceptors (Lipinski definition) is 1. The molecule has 0 spiro atoms. The summed E-state index contributed by atoms with van der Waals surface area (Å²) < 4.78 is 26.7. The Bertz CT molecular complexity index is 730. The minimum atomic E-state index is -0.861. The van der Waals surface area contributed by atoms with Gasteiger partial charge in [0.25, 0.3) is 5.91 Å². The number of carbonyl (C=O) groups is 1. The molecule has 1 heterocycles. The summed E-state index contributed by atoms with van der Waals surface area (Å²) in [7, 11) is 0. The van der Waals surface area contributed by atoms with Crippen LogP contribution in [0.4, 0.5) is 8.78 Å². The quantitative estimate of drug-likeness (QED) is 0.889. The highest BCUT2D eigenvalue weighted by Crippen LogP contribution is 2.19. The second-order valence-corrected chi connectivity index (χ2v) is 6.58. The van der Waals surface area contributed by atoms with Crippen molar-refractivity contribution in [1.82, 2.24) is 4.90 Å². The number of carbonyl (C=O) groups excluding carboxylic acids is 1. The molecule has 25 heavy (non-hydrogen) atoms. The lowest BCUT2D eigenvalue weighted by Gasteiger charge is -2.24. The maximum absolute atomic E-state index is 13.5. The molecule has 1 saturated heterocycles. The van der Waals surface area contributed by atoms with E-state index in [4.69, 9.17) is 0 Å². The molecular weight excluding hydrogens is 322 g/mol. The van der Waals surface area contributed by atoms with Gasteiger partial charge in [0.2, 0.25) is 0 Å². The van der Waals surface area contributed by atoms with E-state index in [1.54, 1.807) is 6.07 Å². The third-order valence-electron chi connectivity index (χ3n) is 4.79. The number of quaternary nitrogens is 1. The summed E-state index contributed by atoms with van der Waals surface area (Å²) in [4.78, 5) is 14.9. The molecule has 2 atom stereocenters. The van der Waals surface area contributed by atoms with Gasteiger partial charge < -0.3 is 10.2 Å². The van der Waals surface area contributed by atoms with Crippen molar-refractivity contribution in [1.29, 1.82) is 0 Å². The van der Waals surface area contributed by atoms with E-state index < -0.39 is 11.6 Å². The number of rotatable bonds is 5. The Morgan fingerprint density at radius 1 is 1.00 bits per heavy atom. The fourth-order valence-electron chi connectivity index (χ4n) is 3.33. The van der Waals surface area contributed by atoms with Crippen LogP contribution in [0.2, 0.25) is 0 Å². The monoisotopic (exact) mass is 345 g/mol. The molecule has 0 radical (unpaired) electrons. The molecule has 0 saturated carbocycles. The molecule has 2 N–H and O–H groups in total. The van der Waals surface area contributed by atoms with Crippen LogP contribution in [0.5, 0.6) is 0 Å². The SMILES string of the molecule is C[C@@H]([NH2+][C@@H](C(=O)N1CCCC1)c1ccccc1)c1ccc(F)c(F)c1.